The third-order valence-corrected chi connectivity index (χ3v) is 8.27. The van der Waals surface area contributed by atoms with E-state index in [-0.39, 0.29) is 23.2 Å². The monoisotopic (exact) mass is 520 g/mol. The summed E-state index contributed by atoms with van der Waals surface area (Å²) in [4.78, 5) is 44.9. The number of benzene rings is 3. The summed E-state index contributed by atoms with van der Waals surface area (Å²) < 4.78 is 5.52. The zero-order valence-electron chi connectivity index (χ0n) is 20.0. The minimum Gasteiger partial charge on any atom is -0.461 e. The lowest BCUT2D eigenvalue weighted by Crippen LogP contribution is -2.49. The molecule has 1 amide bonds. The van der Waals surface area contributed by atoms with Crippen LogP contribution in [0.1, 0.15) is 43.6 Å². The van der Waals surface area contributed by atoms with Crippen LogP contribution >= 0.6 is 11.6 Å². The predicted octanol–water partition coefficient (Wildman–Crippen LogP) is 5.91. The molecule has 3 aliphatic rings. The molecule has 1 fully saturated rings. The van der Waals surface area contributed by atoms with Crippen LogP contribution in [0.15, 0.2) is 102 Å². The van der Waals surface area contributed by atoms with Gasteiger partial charge in [-0.05, 0) is 65.2 Å². The molecule has 3 aromatic carbocycles. The van der Waals surface area contributed by atoms with Crippen molar-refractivity contribution < 1.29 is 18.8 Å². The second kappa shape index (κ2) is 8.30. The minimum atomic E-state index is -1.37. The highest BCUT2D eigenvalue weighted by Gasteiger charge is 2.71. The summed E-state index contributed by atoms with van der Waals surface area (Å²) in [6, 6.07) is 23.5. The molecule has 4 heterocycles. The van der Waals surface area contributed by atoms with E-state index in [1.165, 1.54) is 6.26 Å². The maximum atomic E-state index is 14.6. The van der Waals surface area contributed by atoms with Crippen molar-refractivity contribution in [2.75, 3.05) is 5.32 Å². The zero-order chi connectivity index (χ0) is 26.0. The first-order chi connectivity index (χ1) is 18.5. The van der Waals surface area contributed by atoms with Gasteiger partial charge in [0.2, 0.25) is 11.7 Å². The van der Waals surface area contributed by atoms with Gasteiger partial charge in [-0.15, -0.1) is 0 Å². The molecule has 6 nitrogen and oxygen atoms in total. The molecule has 1 saturated heterocycles. The molecule has 0 radical (unpaired) electrons. The molecule has 7 rings (SSSR count). The summed E-state index contributed by atoms with van der Waals surface area (Å²) in [7, 11) is 0. The molecule has 0 aliphatic carbocycles. The van der Waals surface area contributed by atoms with Gasteiger partial charge in [0.25, 0.3) is 0 Å². The summed E-state index contributed by atoms with van der Waals surface area (Å²) >= 11 is 6.13. The van der Waals surface area contributed by atoms with Gasteiger partial charge in [0.05, 0.1) is 18.2 Å². The maximum absolute atomic E-state index is 14.6. The molecular weight excluding hydrogens is 500 g/mol. The van der Waals surface area contributed by atoms with E-state index in [0.717, 1.165) is 11.1 Å². The van der Waals surface area contributed by atoms with Crippen molar-refractivity contribution in [1.82, 2.24) is 4.90 Å². The normalized spacial score (nSPS) is 24.6. The third-order valence-electron chi connectivity index (χ3n) is 8.01. The fourth-order valence-corrected chi connectivity index (χ4v) is 6.65. The van der Waals surface area contributed by atoms with E-state index < -0.39 is 23.4 Å². The average molecular weight is 521 g/mol. The Labute approximate surface area is 223 Å². The molecule has 1 aromatic heterocycles. The van der Waals surface area contributed by atoms with Crippen LogP contribution in [-0.4, -0.2) is 28.4 Å². The van der Waals surface area contributed by atoms with Gasteiger partial charge in [0.15, 0.2) is 11.5 Å². The van der Waals surface area contributed by atoms with E-state index in [4.69, 9.17) is 16.0 Å². The molecule has 0 saturated carbocycles. The first kappa shape index (κ1) is 22.8. The quantitative estimate of drug-likeness (QED) is 0.338. The van der Waals surface area contributed by atoms with Crippen LogP contribution in [0.3, 0.4) is 0 Å². The Balaban J connectivity index is 1.55. The molecule has 4 atom stereocenters. The third kappa shape index (κ3) is 2.98. The van der Waals surface area contributed by atoms with Gasteiger partial charge >= 0.3 is 0 Å². The van der Waals surface area contributed by atoms with Crippen molar-refractivity contribution in [3.8, 4) is 0 Å². The number of halogens is 1. The van der Waals surface area contributed by atoms with Crippen molar-refractivity contribution >= 4 is 40.8 Å². The van der Waals surface area contributed by atoms with E-state index in [2.05, 4.69) is 5.32 Å². The lowest BCUT2D eigenvalue weighted by Gasteiger charge is -2.38. The number of para-hydroxylation sites is 1. The fourth-order valence-electron chi connectivity index (χ4n) is 6.53. The molecular formula is C31H21ClN2O4. The number of Topliss-reactive ketones (excluding diaryl/α,β-unsaturated/α-hetero) is 2. The molecule has 0 bridgehead atoms. The molecule has 186 valence electrons. The number of carbonyl (C=O) groups is 3. The number of hydrogen-bond donors (Lipinski definition) is 1. The van der Waals surface area contributed by atoms with Crippen LogP contribution in [0.5, 0.6) is 0 Å². The number of carbonyl (C=O) groups excluding carboxylic acids is 3. The number of amides is 1. The van der Waals surface area contributed by atoms with Crippen LogP contribution in [0.4, 0.5) is 5.69 Å². The zero-order valence-corrected chi connectivity index (χ0v) is 20.8. The first-order valence-corrected chi connectivity index (χ1v) is 12.7. The summed E-state index contributed by atoms with van der Waals surface area (Å²) in [5.41, 5.74) is 2.17. The molecule has 0 unspecified atom stereocenters. The van der Waals surface area contributed by atoms with Crippen LogP contribution in [0, 0.1) is 5.92 Å². The van der Waals surface area contributed by atoms with Gasteiger partial charge in [0, 0.05) is 22.5 Å². The fraction of sp³-hybridized carbons (Fsp3) is 0.129. The standard InChI is InChI=1S/C31H21ClN2O4/c32-20-13-11-19(12-14-20)27(35)25-26(28(36)24-10-5-17-38-24)34-16-15-18-6-1-2-7-21(18)29(34)31(25)22-8-3-4-9-23(22)33-30(31)37/h1-17,25-26,29H,(H,33,37)/t25-,26+,29-,31-/m1/s1. The van der Waals surface area contributed by atoms with Gasteiger partial charge < -0.3 is 14.6 Å². The van der Waals surface area contributed by atoms with Crippen molar-refractivity contribution in [2.45, 2.75) is 17.5 Å². The number of nitrogens with one attached hydrogen (secondary N) is 1. The summed E-state index contributed by atoms with van der Waals surface area (Å²) in [6.45, 7) is 0. The van der Waals surface area contributed by atoms with Crippen LogP contribution in [0.25, 0.3) is 6.08 Å². The Morgan fingerprint density at radius 2 is 1.66 bits per heavy atom. The van der Waals surface area contributed by atoms with E-state index in [0.29, 0.717) is 21.8 Å². The Morgan fingerprint density at radius 3 is 2.45 bits per heavy atom. The summed E-state index contributed by atoms with van der Waals surface area (Å²) in [6.07, 6.45) is 5.20. The number of anilines is 1. The SMILES string of the molecule is O=C(c1ccco1)[C@@H]1[C@H](C(=O)c2ccc(Cl)cc2)[C@@]2(C(=O)Nc3ccccc32)[C@H]2c3ccccc3C=CN12. The van der Waals surface area contributed by atoms with Gasteiger partial charge in [-0.1, -0.05) is 54.1 Å². The van der Waals surface area contributed by atoms with Crippen molar-refractivity contribution in [3.63, 3.8) is 0 Å². The Morgan fingerprint density at radius 1 is 0.895 bits per heavy atom. The average Bonchev–Trinajstić information content (AvgIpc) is 3.65. The molecule has 7 heteroatoms. The van der Waals surface area contributed by atoms with Gasteiger partial charge in [-0.25, -0.2) is 0 Å². The molecule has 38 heavy (non-hydrogen) atoms. The number of nitrogens with zero attached hydrogens (tertiary/aromatic N) is 1. The van der Waals surface area contributed by atoms with Crippen molar-refractivity contribution in [1.29, 1.82) is 0 Å². The van der Waals surface area contributed by atoms with Gasteiger partial charge in [0.1, 0.15) is 11.5 Å². The van der Waals surface area contributed by atoms with Crippen LogP contribution < -0.4 is 5.32 Å². The van der Waals surface area contributed by atoms with Crippen molar-refractivity contribution in [2.24, 2.45) is 5.92 Å². The second-order valence-corrected chi connectivity index (χ2v) is 10.2. The van der Waals surface area contributed by atoms with Gasteiger partial charge in [-0.3, -0.25) is 14.4 Å². The smallest absolute Gasteiger partial charge is 0.238 e. The number of furan rings is 1. The highest BCUT2D eigenvalue weighted by Crippen LogP contribution is 2.62. The second-order valence-electron chi connectivity index (χ2n) is 9.80. The highest BCUT2D eigenvalue weighted by atomic mass is 35.5. The molecule has 4 aromatic rings. The van der Waals surface area contributed by atoms with E-state index in [1.54, 1.807) is 36.4 Å². The lowest BCUT2D eigenvalue weighted by atomic mass is 9.62. The number of rotatable bonds is 4. The minimum absolute atomic E-state index is 0.138. The van der Waals surface area contributed by atoms with Crippen molar-refractivity contribution in [3.05, 3.63) is 130 Å². The first-order valence-electron chi connectivity index (χ1n) is 12.3. The summed E-state index contributed by atoms with van der Waals surface area (Å²) in [5.74, 6) is -1.88. The molecule has 1 N–H and O–H groups in total. The Kier molecular flexibility index (Phi) is 4.97. The van der Waals surface area contributed by atoms with Crippen LogP contribution in [0.2, 0.25) is 5.02 Å². The number of fused-ring (bicyclic) bond motifs is 6. The van der Waals surface area contributed by atoms with E-state index >= 15 is 0 Å². The number of ketones is 2. The van der Waals surface area contributed by atoms with E-state index in [9.17, 15) is 14.4 Å². The number of hydrogen-bond acceptors (Lipinski definition) is 5. The molecule has 3 aliphatic heterocycles. The largest absolute Gasteiger partial charge is 0.461 e. The molecule has 1 spiro atoms. The van der Waals surface area contributed by atoms with Gasteiger partial charge in [-0.2, -0.15) is 0 Å². The predicted molar refractivity (Wildman–Crippen MR) is 143 cm³/mol. The maximum Gasteiger partial charge on any atom is 0.238 e. The van der Waals surface area contributed by atoms with Crippen LogP contribution in [-0.2, 0) is 10.2 Å². The highest BCUT2D eigenvalue weighted by molar-refractivity contribution is 6.30. The lowest BCUT2D eigenvalue weighted by molar-refractivity contribution is -0.122. The summed E-state index contributed by atoms with van der Waals surface area (Å²) in [5, 5.41) is 3.53. The topological polar surface area (TPSA) is 79.6 Å². The van der Waals surface area contributed by atoms with E-state index in [1.807, 2.05) is 65.7 Å². The Bertz CT molecular complexity index is 1640. The Hall–Kier alpha value is -4.42.